The summed E-state index contributed by atoms with van der Waals surface area (Å²) in [4.78, 5) is 14.0. The van der Waals surface area contributed by atoms with Crippen LogP contribution in [0.2, 0.25) is 0 Å². The smallest absolute Gasteiger partial charge is 0.261 e. The first kappa shape index (κ1) is 16.4. The van der Waals surface area contributed by atoms with Crippen LogP contribution in [0.5, 0.6) is 11.5 Å². The van der Waals surface area contributed by atoms with Gasteiger partial charge in [-0.1, -0.05) is 6.92 Å². The van der Waals surface area contributed by atoms with Gasteiger partial charge in [-0.15, -0.1) is 11.3 Å². The number of rotatable bonds is 7. The van der Waals surface area contributed by atoms with Gasteiger partial charge in [-0.25, -0.2) is 0 Å². The number of nitrogens with one attached hydrogen (secondary N) is 1. The molecule has 0 saturated carbocycles. The number of hydrogen-bond acceptors (Lipinski definition) is 4. The minimum Gasteiger partial charge on any atom is -0.497 e. The first-order valence-electron chi connectivity index (χ1n) is 7.28. The van der Waals surface area contributed by atoms with E-state index >= 15 is 0 Å². The van der Waals surface area contributed by atoms with E-state index in [0.717, 1.165) is 22.8 Å². The summed E-state index contributed by atoms with van der Waals surface area (Å²) in [5, 5.41) is 2.88. The lowest BCUT2D eigenvalue weighted by molar-refractivity contribution is 0.0951. The zero-order valence-electron chi connectivity index (χ0n) is 13.1. The topological polar surface area (TPSA) is 47.6 Å². The van der Waals surface area contributed by atoms with E-state index in [-0.39, 0.29) is 5.91 Å². The normalized spacial score (nSPS) is 10.3. The number of methoxy groups -OCH3 is 1. The number of aryl methyl sites for hydroxylation is 2. The van der Waals surface area contributed by atoms with Crippen LogP contribution in [-0.4, -0.2) is 26.2 Å². The molecule has 0 aliphatic heterocycles. The molecular formula is C17H21NO3S. The van der Waals surface area contributed by atoms with Crippen molar-refractivity contribution >= 4 is 17.2 Å². The Balaban J connectivity index is 1.76. The molecule has 1 N–H and O–H groups in total. The Labute approximate surface area is 135 Å². The molecule has 1 aromatic heterocycles. The number of carbonyl (C=O) groups excluding carboxylic acids is 1. The molecule has 0 spiro atoms. The van der Waals surface area contributed by atoms with Crippen molar-refractivity contribution in [2.45, 2.75) is 20.3 Å². The zero-order chi connectivity index (χ0) is 15.9. The van der Waals surface area contributed by atoms with Crippen LogP contribution in [0.15, 0.2) is 30.3 Å². The van der Waals surface area contributed by atoms with Crippen LogP contribution in [0.3, 0.4) is 0 Å². The highest BCUT2D eigenvalue weighted by Crippen LogP contribution is 2.21. The van der Waals surface area contributed by atoms with Crippen LogP contribution < -0.4 is 14.8 Å². The maximum atomic E-state index is 12.0. The van der Waals surface area contributed by atoms with Gasteiger partial charge in [0.2, 0.25) is 0 Å². The van der Waals surface area contributed by atoms with E-state index < -0.39 is 0 Å². The summed E-state index contributed by atoms with van der Waals surface area (Å²) < 4.78 is 10.7. The molecule has 0 atom stereocenters. The first-order valence-corrected chi connectivity index (χ1v) is 8.10. The number of hydrogen-bond donors (Lipinski definition) is 1. The molecule has 1 amide bonds. The number of amides is 1. The Morgan fingerprint density at radius 3 is 2.50 bits per heavy atom. The first-order chi connectivity index (χ1) is 10.6. The third kappa shape index (κ3) is 4.24. The number of carbonyl (C=O) groups is 1. The maximum absolute atomic E-state index is 12.0. The predicted octanol–water partition coefficient (Wildman–Crippen LogP) is 3.44. The monoisotopic (exact) mass is 319 g/mol. The molecule has 4 nitrogen and oxygen atoms in total. The summed E-state index contributed by atoms with van der Waals surface area (Å²) >= 11 is 1.54. The van der Waals surface area contributed by atoms with Gasteiger partial charge in [-0.05, 0) is 49.2 Å². The van der Waals surface area contributed by atoms with Gasteiger partial charge in [0.1, 0.15) is 18.1 Å². The molecule has 2 rings (SSSR count). The highest BCUT2D eigenvalue weighted by Gasteiger charge is 2.10. The SMILES string of the molecule is CCc1cc(C(=O)NCCOc2ccc(OC)cc2)sc1C. The number of benzene rings is 1. The van der Waals surface area contributed by atoms with Crippen LogP contribution in [-0.2, 0) is 6.42 Å². The second-order valence-corrected chi connectivity index (χ2v) is 6.08. The van der Waals surface area contributed by atoms with Crippen LogP contribution in [0.4, 0.5) is 0 Å². The van der Waals surface area contributed by atoms with E-state index in [1.54, 1.807) is 7.11 Å². The van der Waals surface area contributed by atoms with Crippen LogP contribution >= 0.6 is 11.3 Å². The van der Waals surface area contributed by atoms with Gasteiger partial charge in [0, 0.05) is 4.88 Å². The van der Waals surface area contributed by atoms with Crippen molar-refractivity contribution in [3.63, 3.8) is 0 Å². The van der Waals surface area contributed by atoms with Crippen molar-refractivity contribution in [1.82, 2.24) is 5.32 Å². The van der Waals surface area contributed by atoms with E-state index in [2.05, 4.69) is 12.2 Å². The largest absolute Gasteiger partial charge is 0.497 e. The molecule has 22 heavy (non-hydrogen) atoms. The second kappa shape index (κ2) is 7.84. The van der Waals surface area contributed by atoms with Gasteiger partial charge < -0.3 is 14.8 Å². The van der Waals surface area contributed by atoms with Crippen LogP contribution in [0, 0.1) is 6.92 Å². The van der Waals surface area contributed by atoms with Gasteiger partial charge >= 0.3 is 0 Å². The fraction of sp³-hybridized carbons (Fsp3) is 0.353. The van der Waals surface area contributed by atoms with Gasteiger partial charge in [0.15, 0.2) is 0 Å². The van der Waals surface area contributed by atoms with Crippen molar-refractivity contribution in [2.75, 3.05) is 20.3 Å². The van der Waals surface area contributed by atoms with Gasteiger partial charge in [-0.3, -0.25) is 4.79 Å². The van der Waals surface area contributed by atoms with Crippen molar-refractivity contribution in [1.29, 1.82) is 0 Å². The molecule has 118 valence electrons. The van der Waals surface area contributed by atoms with E-state index in [0.29, 0.717) is 13.2 Å². The van der Waals surface area contributed by atoms with Gasteiger partial charge in [0.05, 0.1) is 18.5 Å². The molecule has 0 unspecified atom stereocenters. The van der Waals surface area contributed by atoms with Crippen LogP contribution in [0.1, 0.15) is 27.0 Å². The summed E-state index contributed by atoms with van der Waals surface area (Å²) in [6.07, 6.45) is 0.955. The molecule has 1 heterocycles. The van der Waals surface area contributed by atoms with Crippen molar-refractivity contribution < 1.29 is 14.3 Å². The number of ether oxygens (including phenoxy) is 2. The molecule has 0 aliphatic rings. The van der Waals surface area contributed by atoms with Crippen molar-refractivity contribution in [3.05, 3.63) is 45.6 Å². The number of thiophene rings is 1. The molecular weight excluding hydrogens is 298 g/mol. The average Bonchev–Trinajstić information content (AvgIpc) is 2.93. The average molecular weight is 319 g/mol. The van der Waals surface area contributed by atoms with Gasteiger partial charge in [0.25, 0.3) is 5.91 Å². The highest BCUT2D eigenvalue weighted by molar-refractivity contribution is 7.14. The fourth-order valence-electron chi connectivity index (χ4n) is 2.08. The lowest BCUT2D eigenvalue weighted by Gasteiger charge is -2.07. The summed E-state index contributed by atoms with van der Waals surface area (Å²) in [7, 11) is 1.63. The predicted molar refractivity (Wildman–Crippen MR) is 89.3 cm³/mol. The molecule has 0 saturated heterocycles. The van der Waals surface area contributed by atoms with E-state index in [9.17, 15) is 4.79 Å². The summed E-state index contributed by atoms with van der Waals surface area (Å²) in [6, 6.07) is 9.34. The highest BCUT2D eigenvalue weighted by atomic mass is 32.1. The summed E-state index contributed by atoms with van der Waals surface area (Å²) in [5.41, 5.74) is 1.24. The Morgan fingerprint density at radius 2 is 1.91 bits per heavy atom. The minimum atomic E-state index is -0.0360. The molecule has 2 aromatic rings. The quantitative estimate of drug-likeness (QED) is 0.795. The molecule has 5 heteroatoms. The van der Waals surface area contributed by atoms with Gasteiger partial charge in [-0.2, -0.15) is 0 Å². The van der Waals surface area contributed by atoms with E-state index in [4.69, 9.17) is 9.47 Å². The minimum absolute atomic E-state index is 0.0360. The van der Waals surface area contributed by atoms with Crippen molar-refractivity contribution in [2.24, 2.45) is 0 Å². The molecule has 0 bridgehead atoms. The standard InChI is InChI=1S/C17H21NO3S/c1-4-13-11-16(22-12(13)2)17(19)18-9-10-21-15-7-5-14(20-3)6-8-15/h5-8,11H,4,9-10H2,1-3H3,(H,18,19). The Hall–Kier alpha value is -2.01. The van der Waals surface area contributed by atoms with E-state index in [1.165, 1.54) is 21.8 Å². The third-order valence-electron chi connectivity index (χ3n) is 3.34. The molecule has 0 fully saturated rings. The summed E-state index contributed by atoms with van der Waals surface area (Å²) in [6.45, 7) is 5.05. The maximum Gasteiger partial charge on any atom is 0.261 e. The Kier molecular flexibility index (Phi) is 5.83. The van der Waals surface area contributed by atoms with E-state index in [1.807, 2.05) is 37.3 Å². The Morgan fingerprint density at radius 1 is 1.23 bits per heavy atom. The third-order valence-corrected chi connectivity index (χ3v) is 4.43. The van der Waals surface area contributed by atoms with Crippen LogP contribution in [0.25, 0.3) is 0 Å². The fourth-order valence-corrected chi connectivity index (χ4v) is 3.11. The lowest BCUT2D eigenvalue weighted by Crippen LogP contribution is -2.27. The van der Waals surface area contributed by atoms with Crippen molar-refractivity contribution in [3.8, 4) is 11.5 Å². The summed E-state index contributed by atoms with van der Waals surface area (Å²) in [5.74, 6) is 1.52. The lowest BCUT2D eigenvalue weighted by atomic mass is 10.2. The molecule has 1 aromatic carbocycles. The zero-order valence-corrected chi connectivity index (χ0v) is 14.0. The molecule has 0 radical (unpaired) electrons. The second-order valence-electron chi connectivity index (χ2n) is 4.83. The Bertz CT molecular complexity index is 619. The molecule has 0 aliphatic carbocycles.